The molecule has 2 aromatic rings. The van der Waals surface area contributed by atoms with Crippen molar-refractivity contribution in [1.29, 1.82) is 5.26 Å². The Labute approximate surface area is 127 Å². The van der Waals surface area contributed by atoms with Crippen molar-refractivity contribution in [2.75, 3.05) is 11.9 Å². The molecule has 0 aliphatic heterocycles. The molecule has 92 valence electrons. The molecular weight excluding hydrogens is 376 g/mol. The lowest BCUT2D eigenvalue weighted by Crippen LogP contribution is -2.16. The van der Waals surface area contributed by atoms with Crippen LogP contribution in [0.2, 0.25) is 0 Å². The lowest BCUT2D eigenvalue weighted by atomic mass is 10.2. The number of halogens is 2. The summed E-state index contributed by atoms with van der Waals surface area (Å²) in [6.45, 7) is 0.793. The van der Waals surface area contributed by atoms with Crippen LogP contribution in [0.5, 0.6) is 0 Å². The lowest BCUT2D eigenvalue weighted by Gasteiger charge is -2.20. The third-order valence-electron chi connectivity index (χ3n) is 2.53. The van der Waals surface area contributed by atoms with E-state index in [1.807, 2.05) is 25.2 Å². The molecular formula is C13H10Br2N2S. The fourth-order valence-electron chi connectivity index (χ4n) is 1.70. The summed E-state index contributed by atoms with van der Waals surface area (Å²) in [6, 6.07) is 10.1. The van der Waals surface area contributed by atoms with Crippen LogP contribution in [0.15, 0.2) is 38.6 Å². The number of anilines is 1. The molecule has 0 fully saturated rings. The van der Waals surface area contributed by atoms with E-state index in [0.717, 1.165) is 21.2 Å². The van der Waals surface area contributed by atoms with Crippen LogP contribution in [0, 0.1) is 11.3 Å². The third kappa shape index (κ3) is 2.94. The maximum absolute atomic E-state index is 9.21. The summed E-state index contributed by atoms with van der Waals surface area (Å²) < 4.78 is 1.94. The van der Waals surface area contributed by atoms with E-state index in [1.54, 1.807) is 11.3 Å². The fraction of sp³-hybridized carbons (Fsp3) is 0.154. The largest absolute Gasteiger partial charge is 0.368 e. The van der Waals surface area contributed by atoms with Gasteiger partial charge in [-0.3, -0.25) is 0 Å². The summed E-state index contributed by atoms with van der Waals surface area (Å²) in [7, 11) is 2.00. The van der Waals surface area contributed by atoms with Gasteiger partial charge in [-0.1, -0.05) is 6.07 Å². The second kappa shape index (κ2) is 5.87. The molecule has 0 amide bonds. The molecule has 5 heteroatoms. The number of nitriles is 1. The smallest absolute Gasteiger partial charge is 0.103 e. The van der Waals surface area contributed by atoms with Gasteiger partial charge in [0, 0.05) is 26.3 Å². The van der Waals surface area contributed by atoms with E-state index in [1.165, 1.54) is 4.88 Å². The molecule has 0 saturated carbocycles. The summed E-state index contributed by atoms with van der Waals surface area (Å²) in [4.78, 5) is 3.34. The monoisotopic (exact) mass is 384 g/mol. The van der Waals surface area contributed by atoms with E-state index in [0.29, 0.717) is 5.56 Å². The zero-order valence-electron chi connectivity index (χ0n) is 9.65. The van der Waals surface area contributed by atoms with Gasteiger partial charge in [0.1, 0.15) is 6.07 Å². The van der Waals surface area contributed by atoms with Crippen molar-refractivity contribution in [3.05, 3.63) is 49.0 Å². The molecule has 0 aliphatic carbocycles. The highest BCUT2D eigenvalue weighted by Crippen LogP contribution is 2.28. The molecule has 18 heavy (non-hydrogen) atoms. The molecule has 0 radical (unpaired) electrons. The minimum atomic E-state index is 0.677. The van der Waals surface area contributed by atoms with Gasteiger partial charge in [-0.25, -0.2) is 0 Å². The SMILES string of the molecule is CN(Cc1cc(Br)cs1)c1cccc(Br)c1C#N. The number of thiophene rings is 1. The summed E-state index contributed by atoms with van der Waals surface area (Å²) in [5.41, 5.74) is 1.62. The third-order valence-corrected chi connectivity index (χ3v) is 4.87. The van der Waals surface area contributed by atoms with Gasteiger partial charge in [0.2, 0.25) is 0 Å². The Morgan fingerprint density at radius 3 is 2.78 bits per heavy atom. The molecule has 1 aromatic carbocycles. The molecule has 0 saturated heterocycles. The lowest BCUT2D eigenvalue weighted by molar-refractivity contribution is 0.937. The van der Waals surface area contributed by atoms with Gasteiger partial charge in [-0.15, -0.1) is 11.3 Å². The standard InChI is InChI=1S/C13H10Br2N2S/c1-17(7-10-5-9(14)8-18-10)13-4-2-3-12(15)11(13)6-16/h2-5,8H,7H2,1H3. The Balaban J connectivity index is 2.27. The number of nitrogens with zero attached hydrogens (tertiary/aromatic N) is 2. The summed E-state index contributed by atoms with van der Waals surface area (Å²) >= 11 is 8.57. The zero-order chi connectivity index (χ0) is 13.1. The van der Waals surface area contributed by atoms with Crippen LogP contribution >= 0.6 is 43.2 Å². The average molecular weight is 386 g/mol. The molecule has 2 nitrogen and oxygen atoms in total. The van der Waals surface area contributed by atoms with Crippen molar-refractivity contribution < 1.29 is 0 Å². The highest BCUT2D eigenvalue weighted by molar-refractivity contribution is 9.10. The second-order valence-corrected chi connectivity index (χ2v) is 6.60. The molecule has 0 bridgehead atoms. The van der Waals surface area contributed by atoms with Crippen LogP contribution in [0.4, 0.5) is 5.69 Å². The predicted octanol–water partition coefficient (Wildman–Crippen LogP) is 4.78. The number of hydrogen-bond donors (Lipinski definition) is 0. The Morgan fingerprint density at radius 2 is 2.17 bits per heavy atom. The predicted molar refractivity (Wildman–Crippen MR) is 83.0 cm³/mol. The van der Waals surface area contributed by atoms with Crippen molar-refractivity contribution in [3.8, 4) is 6.07 Å². The van der Waals surface area contributed by atoms with Crippen molar-refractivity contribution in [2.45, 2.75) is 6.54 Å². The summed E-state index contributed by atoms with van der Waals surface area (Å²) in [6.07, 6.45) is 0. The molecule has 0 aliphatic rings. The van der Waals surface area contributed by atoms with Gasteiger partial charge in [0.15, 0.2) is 0 Å². The van der Waals surface area contributed by atoms with E-state index in [2.05, 4.69) is 54.3 Å². The molecule has 0 N–H and O–H groups in total. The molecule has 0 spiro atoms. The quantitative estimate of drug-likeness (QED) is 0.759. The van der Waals surface area contributed by atoms with Gasteiger partial charge in [0.05, 0.1) is 17.8 Å². The first-order valence-electron chi connectivity index (χ1n) is 5.24. The molecule has 1 heterocycles. The number of hydrogen-bond acceptors (Lipinski definition) is 3. The Bertz CT molecular complexity index is 601. The van der Waals surface area contributed by atoms with E-state index in [4.69, 9.17) is 0 Å². The van der Waals surface area contributed by atoms with Gasteiger partial charge in [0.25, 0.3) is 0 Å². The van der Waals surface area contributed by atoms with Crippen molar-refractivity contribution >= 4 is 48.9 Å². The first kappa shape index (κ1) is 13.6. The highest BCUT2D eigenvalue weighted by Gasteiger charge is 2.11. The van der Waals surface area contributed by atoms with Crippen LogP contribution in [0.25, 0.3) is 0 Å². The van der Waals surface area contributed by atoms with Crippen molar-refractivity contribution in [3.63, 3.8) is 0 Å². The van der Waals surface area contributed by atoms with Gasteiger partial charge < -0.3 is 4.90 Å². The first-order chi connectivity index (χ1) is 8.61. The second-order valence-electron chi connectivity index (χ2n) is 3.83. The molecule has 2 rings (SSSR count). The Hall–Kier alpha value is -0.830. The van der Waals surface area contributed by atoms with Crippen LogP contribution in [-0.2, 0) is 6.54 Å². The van der Waals surface area contributed by atoms with Crippen molar-refractivity contribution in [1.82, 2.24) is 0 Å². The maximum Gasteiger partial charge on any atom is 0.103 e. The van der Waals surface area contributed by atoms with Crippen LogP contribution < -0.4 is 4.90 Å². The molecule has 1 aromatic heterocycles. The van der Waals surface area contributed by atoms with E-state index >= 15 is 0 Å². The molecule has 0 atom stereocenters. The van der Waals surface area contributed by atoms with Gasteiger partial charge in [-0.2, -0.15) is 5.26 Å². The summed E-state index contributed by atoms with van der Waals surface area (Å²) in [5.74, 6) is 0. The van der Waals surface area contributed by atoms with Crippen LogP contribution in [0.1, 0.15) is 10.4 Å². The Kier molecular flexibility index (Phi) is 4.44. The van der Waals surface area contributed by atoms with Gasteiger partial charge >= 0.3 is 0 Å². The fourth-order valence-corrected chi connectivity index (χ4v) is 3.64. The summed E-state index contributed by atoms with van der Waals surface area (Å²) in [5, 5.41) is 11.3. The first-order valence-corrected chi connectivity index (χ1v) is 7.71. The van der Waals surface area contributed by atoms with Crippen molar-refractivity contribution in [2.24, 2.45) is 0 Å². The number of benzene rings is 1. The van der Waals surface area contributed by atoms with E-state index in [-0.39, 0.29) is 0 Å². The topological polar surface area (TPSA) is 27.0 Å². The van der Waals surface area contributed by atoms with Gasteiger partial charge in [-0.05, 0) is 50.1 Å². The molecule has 0 unspecified atom stereocenters. The number of rotatable bonds is 3. The average Bonchev–Trinajstić information content (AvgIpc) is 2.74. The maximum atomic E-state index is 9.21. The van der Waals surface area contributed by atoms with E-state index in [9.17, 15) is 5.26 Å². The highest BCUT2D eigenvalue weighted by atomic mass is 79.9. The minimum Gasteiger partial charge on any atom is -0.368 e. The Morgan fingerprint density at radius 1 is 1.39 bits per heavy atom. The normalized spacial score (nSPS) is 10.1. The van der Waals surface area contributed by atoms with Crippen LogP contribution in [0.3, 0.4) is 0 Å². The minimum absolute atomic E-state index is 0.677. The van der Waals surface area contributed by atoms with Crippen LogP contribution in [-0.4, -0.2) is 7.05 Å². The van der Waals surface area contributed by atoms with E-state index < -0.39 is 0 Å². The zero-order valence-corrected chi connectivity index (χ0v) is 13.6.